The third-order valence-corrected chi connectivity index (χ3v) is 2.33. The van der Waals surface area contributed by atoms with Crippen LogP contribution in [0, 0.1) is 0 Å². The van der Waals surface area contributed by atoms with Crippen LogP contribution in [0.25, 0.3) is 0 Å². The van der Waals surface area contributed by atoms with Crippen molar-refractivity contribution >= 4 is 11.3 Å². The van der Waals surface area contributed by atoms with Gasteiger partial charge in [0.2, 0.25) is 0 Å². The Kier molecular flexibility index (Phi) is 5.60. The van der Waals surface area contributed by atoms with Crippen molar-refractivity contribution in [2.45, 2.75) is 32.9 Å². The van der Waals surface area contributed by atoms with Crippen LogP contribution < -0.4 is 0 Å². The van der Waals surface area contributed by atoms with Crippen molar-refractivity contribution in [1.82, 2.24) is 0 Å². The Bertz CT molecular complexity index is 253. The molecule has 0 aliphatic rings. The van der Waals surface area contributed by atoms with Crippen molar-refractivity contribution in [3.63, 3.8) is 0 Å². The molecule has 14 heavy (non-hydrogen) atoms. The maximum atomic E-state index is 11.7. The molecule has 1 heterocycles. The third kappa shape index (κ3) is 5.11. The van der Waals surface area contributed by atoms with Gasteiger partial charge in [0, 0.05) is 11.4 Å². The van der Waals surface area contributed by atoms with Crippen molar-refractivity contribution < 1.29 is 18.3 Å². The highest BCUT2D eigenvalue weighted by Gasteiger charge is 2.32. The summed E-state index contributed by atoms with van der Waals surface area (Å²) in [6.07, 6.45) is -1.69. The zero-order valence-corrected chi connectivity index (χ0v) is 8.87. The summed E-state index contributed by atoms with van der Waals surface area (Å²) in [5.41, 5.74) is 0. The van der Waals surface area contributed by atoms with Gasteiger partial charge in [-0.3, -0.25) is 0 Å². The zero-order valence-electron chi connectivity index (χ0n) is 8.06. The fourth-order valence-electron chi connectivity index (χ4n) is 0.475. The average Bonchev–Trinajstić information content (AvgIpc) is 2.51. The van der Waals surface area contributed by atoms with E-state index in [2.05, 4.69) is 13.8 Å². The number of rotatable bonds is 1. The van der Waals surface area contributed by atoms with E-state index in [0.717, 1.165) is 5.38 Å². The molecule has 0 fully saturated rings. The molecule has 1 nitrogen and oxygen atoms in total. The predicted molar refractivity (Wildman–Crippen MR) is 51.6 cm³/mol. The quantitative estimate of drug-likeness (QED) is 0.757. The van der Waals surface area contributed by atoms with Gasteiger partial charge in [-0.05, 0) is 0 Å². The van der Waals surface area contributed by atoms with Crippen LogP contribution in [0.15, 0.2) is 11.4 Å². The number of hydrogen-bond donors (Lipinski definition) is 1. The minimum atomic E-state index is -4.33. The number of alkyl halides is 3. The second-order valence-electron chi connectivity index (χ2n) is 2.67. The summed E-state index contributed by atoms with van der Waals surface area (Å²) in [5, 5.41) is 9.57. The molecule has 0 atom stereocenters. The molecule has 0 aromatic carbocycles. The maximum Gasteiger partial charge on any atom is 0.425 e. The number of aromatic hydroxyl groups is 1. The van der Waals surface area contributed by atoms with Crippen molar-refractivity contribution in [3.05, 3.63) is 16.3 Å². The normalized spacial score (nSPS) is 10.6. The van der Waals surface area contributed by atoms with E-state index >= 15 is 0 Å². The van der Waals surface area contributed by atoms with E-state index in [4.69, 9.17) is 5.11 Å². The summed E-state index contributed by atoms with van der Waals surface area (Å²) < 4.78 is 35.1. The van der Waals surface area contributed by atoms with Crippen LogP contribution in [0.1, 0.15) is 31.6 Å². The van der Waals surface area contributed by atoms with Gasteiger partial charge in [-0.15, -0.1) is 11.3 Å². The third-order valence-electron chi connectivity index (χ3n) is 1.37. The highest BCUT2D eigenvalue weighted by Crippen LogP contribution is 2.35. The number of unbranched alkanes of at least 4 members (excludes halogenated alkanes) is 1. The van der Waals surface area contributed by atoms with Crippen LogP contribution in [-0.2, 0) is 6.18 Å². The van der Waals surface area contributed by atoms with E-state index in [-0.39, 0.29) is 5.75 Å². The van der Waals surface area contributed by atoms with Gasteiger partial charge in [-0.1, -0.05) is 26.7 Å². The van der Waals surface area contributed by atoms with Crippen molar-refractivity contribution in [1.29, 1.82) is 0 Å². The highest BCUT2D eigenvalue weighted by atomic mass is 32.1. The van der Waals surface area contributed by atoms with Gasteiger partial charge in [-0.2, -0.15) is 13.2 Å². The Labute approximate surface area is 85.2 Å². The van der Waals surface area contributed by atoms with Crippen molar-refractivity contribution in [2.75, 3.05) is 0 Å². The van der Waals surface area contributed by atoms with Gasteiger partial charge in [-0.25, -0.2) is 0 Å². The lowest BCUT2D eigenvalue weighted by molar-refractivity contribution is -0.134. The summed E-state index contributed by atoms with van der Waals surface area (Å²) in [6, 6.07) is 0.699. The lowest BCUT2D eigenvalue weighted by Crippen LogP contribution is -2.00. The van der Waals surface area contributed by atoms with Crippen LogP contribution in [0.4, 0.5) is 13.2 Å². The number of hydrogen-bond acceptors (Lipinski definition) is 2. The summed E-state index contributed by atoms with van der Waals surface area (Å²) >= 11 is 0.481. The molecular weight excluding hydrogens is 213 g/mol. The van der Waals surface area contributed by atoms with Gasteiger partial charge < -0.3 is 5.11 Å². The highest BCUT2D eigenvalue weighted by molar-refractivity contribution is 7.10. The molecule has 0 saturated carbocycles. The molecule has 1 aromatic rings. The van der Waals surface area contributed by atoms with Crippen LogP contribution >= 0.6 is 11.3 Å². The van der Waals surface area contributed by atoms with E-state index in [9.17, 15) is 13.2 Å². The van der Waals surface area contributed by atoms with Gasteiger partial charge in [0.05, 0.1) is 0 Å². The molecule has 82 valence electrons. The van der Waals surface area contributed by atoms with Crippen LogP contribution in [0.5, 0.6) is 5.75 Å². The van der Waals surface area contributed by atoms with E-state index in [1.165, 1.54) is 12.8 Å². The van der Waals surface area contributed by atoms with Crippen molar-refractivity contribution in [3.8, 4) is 5.75 Å². The summed E-state index contributed by atoms with van der Waals surface area (Å²) in [4.78, 5) is -0.773. The molecule has 5 heteroatoms. The molecule has 0 aliphatic heterocycles. The minimum Gasteiger partial charge on any atom is -0.507 e. The monoisotopic (exact) mass is 226 g/mol. The van der Waals surface area contributed by atoms with E-state index in [1.54, 1.807) is 0 Å². The standard InChI is InChI=1S/C5H3F3OS.C4H10/c6-5(7,8)4-1-3(9)2-10-4;1-3-4-2/h1-2,9H;3-4H2,1-2H3. The fourth-order valence-corrected chi connectivity index (χ4v) is 1.11. The molecule has 0 unspecified atom stereocenters. The summed E-state index contributed by atoms with van der Waals surface area (Å²) in [5.74, 6) is -0.336. The second kappa shape index (κ2) is 5.90. The lowest BCUT2D eigenvalue weighted by atomic mass is 10.4. The molecule has 0 saturated heterocycles. The van der Waals surface area contributed by atoms with Crippen LogP contribution in [0.2, 0.25) is 0 Å². The topological polar surface area (TPSA) is 20.2 Å². The largest absolute Gasteiger partial charge is 0.507 e. The molecule has 1 N–H and O–H groups in total. The number of thiophene rings is 1. The molecule has 0 radical (unpaired) electrons. The van der Waals surface area contributed by atoms with E-state index < -0.39 is 11.1 Å². The van der Waals surface area contributed by atoms with Crippen LogP contribution in [0.3, 0.4) is 0 Å². The zero-order chi connectivity index (χ0) is 11.2. The molecule has 0 amide bonds. The van der Waals surface area contributed by atoms with Gasteiger partial charge in [0.15, 0.2) is 0 Å². The van der Waals surface area contributed by atoms with E-state index in [1.807, 2.05) is 0 Å². The Morgan fingerprint density at radius 3 is 1.93 bits per heavy atom. The Balaban J connectivity index is 0.000000364. The lowest BCUT2D eigenvalue weighted by Gasteiger charge is -1.99. The molecule has 0 aliphatic carbocycles. The minimum absolute atomic E-state index is 0.336. The van der Waals surface area contributed by atoms with Gasteiger partial charge in [0.25, 0.3) is 0 Å². The predicted octanol–water partition coefficient (Wildman–Crippen LogP) is 4.28. The summed E-state index contributed by atoms with van der Waals surface area (Å²) in [6.45, 7) is 4.36. The molecule has 0 spiro atoms. The molecule has 1 rings (SSSR count). The first kappa shape index (κ1) is 13.3. The first-order chi connectivity index (χ1) is 6.41. The molecular formula is C9H13F3OS. The van der Waals surface area contributed by atoms with E-state index in [0.29, 0.717) is 17.4 Å². The fraction of sp³-hybridized carbons (Fsp3) is 0.556. The van der Waals surface area contributed by atoms with Crippen molar-refractivity contribution in [2.24, 2.45) is 0 Å². The maximum absolute atomic E-state index is 11.7. The average molecular weight is 226 g/mol. The SMILES string of the molecule is CCCC.Oc1csc(C(F)(F)F)c1. The van der Waals surface area contributed by atoms with Crippen LogP contribution in [-0.4, -0.2) is 5.11 Å². The van der Waals surface area contributed by atoms with Gasteiger partial charge >= 0.3 is 6.18 Å². The smallest absolute Gasteiger partial charge is 0.425 e. The Morgan fingerprint density at radius 2 is 1.79 bits per heavy atom. The first-order valence-corrected chi connectivity index (χ1v) is 5.14. The Hall–Kier alpha value is -0.710. The van der Waals surface area contributed by atoms with Gasteiger partial charge in [0.1, 0.15) is 10.6 Å². The number of halogens is 3. The second-order valence-corrected chi connectivity index (χ2v) is 3.58. The Morgan fingerprint density at radius 1 is 1.29 bits per heavy atom. The molecule has 0 bridgehead atoms. The molecule has 1 aromatic heterocycles. The summed E-state index contributed by atoms with van der Waals surface area (Å²) in [7, 11) is 0. The first-order valence-electron chi connectivity index (χ1n) is 4.26.